The summed E-state index contributed by atoms with van der Waals surface area (Å²) in [6.45, 7) is 0. The molecule has 0 saturated carbocycles. The van der Waals surface area contributed by atoms with Gasteiger partial charge in [0.25, 0.3) is 5.56 Å². The number of nitrogens with zero attached hydrogens (tertiary/aromatic N) is 2. The first kappa shape index (κ1) is 16.8. The fourth-order valence-electron chi connectivity index (χ4n) is 1.55. The van der Waals surface area contributed by atoms with Gasteiger partial charge in [-0.2, -0.15) is 0 Å². The highest BCUT2D eigenvalue weighted by Crippen LogP contribution is 2.20. The van der Waals surface area contributed by atoms with Crippen LogP contribution in [0.15, 0.2) is 16.0 Å². The van der Waals surface area contributed by atoms with Gasteiger partial charge in [0.2, 0.25) is 0 Å². The van der Waals surface area contributed by atoms with Crippen molar-refractivity contribution in [3.05, 3.63) is 22.0 Å². The molecular weight excluding hydrogens is 298 g/mol. The van der Waals surface area contributed by atoms with E-state index >= 15 is 0 Å². The van der Waals surface area contributed by atoms with Gasteiger partial charge in [0, 0.05) is 13.1 Å². The Morgan fingerprint density at radius 2 is 1.95 bits per heavy atom. The van der Waals surface area contributed by atoms with Crippen LogP contribution in [0.4, 0.5) is 5.82 Å². The Morgan fingerprint density at radius 3 is 2.43 bits per heavy atom. The van der Waals surface area contributed by atoms with Crippen LogP contribution in [0, 0.1) is 0 Å². The molecule has 114 valence electrons. The van der Waals surface area contributed by atoms with Crippen LogP contribution in [0.1, 0.15) is 5.56 Å². The summed E-state index contributed by atoms with van der Waals surface area (Å²) in [5.74, 6) is -1.86. The minimum absolute atomic E-state index is 0.164. The first-order valence-corrected chi connectivity index (χ1v) is 6.88. The normalized spacial score (nSPS) is 11.1. The van der Waals surface area contributed by atoms with E-state index in [1.54, 1.807) is 6.26 Å². The molecule has 8 nitrogen and oxygen atoms in total. The summed E-state index contributed by atoms with van der Waals surface area (Å²) in [6, 6.07) is 0. The molecule has 0 aliphatic rings. The molecule has 9 heteroatoms. The number of rotatable bonds is 4. The molecule has 0 atom stereocenters. The molecule has 2 N–H and O–H groups in total. The number of nitrogen functional groups attached to an aromatic ring is 1. The topological polar surface area (TPSA) is 114 Å². The van der Waals surface area contributed by atoms with Crippen LogP contribution in [0.3, 0.4) is 0 Å². The molecule has 1 rings (SSSR count). The largest absolute Gasteiger partial charge is 0.466 e. The zero-order chi connectivity index (χ0) is 16.2. The molecule has 0 aromatic carbocycles. The average Bonchev–Trinajstić information content (AvgIpc) is 2.48. The maximum Gasteiger partial charge on any atom is 0.339 e. The fourth-order valence-corrected chi connectivity index (χ4v) is 2.10. The summed E-state index contributed by atoms with van der Waals surface area (Å²) in [5, 5.41) is 0.378. The van der Waals surface area contributed by atoms with Crippen molar-refractivity contribution in [2.45, 2.75) is 5.16 Å². The Balaban J connectivity index is 3.64. The quantitative estimate of drug-likeness (QED) is 0.352. The maximum absolute atomic E-state index is 12.3. The van der Waals surface area contributed by atoms with Gasteiger partial charge < -0.3 is 15.2 Å². The van der Waals surface area contributed by atoms with Crippen LogP contribution in [0.25, 0.3) is 5.57 Å². The molecule has 0 saturated heterocycles. The van der Waals surface area contributed by atoms with Gasteiger partial charge in [-0.3, -0.25) is 9.36 Å². The van der Waals surface area contributed by atoms with E-state index in [-0.39, 0.29) is 17.0 Å². The lowest BCUT2D eigenvalue weighted by molar-refractivity contribution is -0.136. The van der Waals surface area contributed by atoms with Gasteiger partial charge in [-0.1, -0.05) is 11.8 Å². The molecule has 0 unspecified atom stereocenters. The van der Waals surface area contributed by atoms with Gasteiger partial charge in [-0.25, -0.2) is 14.6 Å². The van der Waals surface area contributed by atoms with Crippen molar-refractivity contribution in [3.8, 4) is 0 Å². The third-order valence-electron chi connectivity index (χ3n) is 2.60. The van der Waals surface area contributed by atoms with E-state index in [4.69, 9.17) is 5.73 Å². The van der Waals surface area contributed by atoms with Gasteiger partial charge in [-0.15, -0.1) is 0 Å². The van der Waals surface area contributed by atoms with Gasteiger partial charge >= 0.3 is 11.9 Å². The number of nitrogens with two attached hydrogens (primary N) is 1. The Kier molecular flexibility index (Phi) is 5.53. The molecule has 1 aromatic heterocycles. The minimum Gasteiger partial charge on any atom is -0.466 e. The van der Waals surface area contributed by atoms with Crippen LogP contribution in [-0.2, 0) is 26.1 Å². The summed E-state index contributed by atoms with van der Waals surface area (Å²) in [7, 11) is 3.75. The number of methoxy groups -OCH3 is 2. The van der Waals surface area contributed by atoms with Gasteiger partial charge in [0.15, 0.2) is 5.16 Å². The third kappa shape index (κ3) is 3.43. The van der Waals surface area contributed by atoms with Crippen LogP contribution in [-0.4, -0.2) is 42.0 Å². The molecule has 0 fully saturated rings. The highest BCUT2D eigenvalue weighted by atomic mass is 32.2. The summed E-state index contributed by atoms with van der Waals surface area (Å²) >= 11 is 1.22. The molecular formula is C12H15N3O5S. The number of hydrogen-bond acceptors (Lipinski definition) is 8. The third-order valence-corrected chi connectivity index (χ3v) is 3.33. The second-order valence-corrected chi connectivity index (χ2v) is 4.57. The average molecular weight is 313 g/mol. The lowest BCUT2D eigenvalue weighted by Gasteiger charge is -2.11. The number of hydrogen-bond donors (Lipinski definition) is 1. The number of aromatic nitrogens is 2. The van der Waals surface area contributed by atoms with Crippen LogP contribution in [0.2, 0.25) is 0 Å². The summed E-state index contributed by atoms with van der Waals surface area (Å²) in [6.07, 6.45) is 2.58. The Labute approximate surface area is 124 Å². The lowest BCUT2D eigenvalue weighted by Crippen LogP contribution is -2.27. The number of thioether (sulfide) groups is 1. The Morgan fingerprint density at radius 1 is 1.33 bits per heavy atom. The number of carbonyl (C=O) groups excluding carboxylic acids is 2. The second-order valence-electron chi connectivity index (χ2n) is 3.80. The number of ether oxygens (including phenoxy) is 2. The van der Waals surface area contributed by atoms with Crippen molar-refractivity contribution in [2.24, 2.45) is 7.05 Å². The SMILES string of the molecule is COC(=O)/C=C(/C(=O)OC)c1c(N)nc(SC)n(C)c1=O. The maximum atomic E-state index is 12.3. The minimum atomic E-state index is -0.886. The van der Waals surface area contributed by atoms with E-state index in [1.807, 2.05) is 0 Å². The van der Waals surface area contributed by atoms with E-state index in [9.17, 15) is 14.4 Å². The monoisotopic (exact) mass is 313 g/mol. The molecule has 0 amide bonds. The van der Waals surface area contributed by atoms with Gasteiger partial charge in [0.05, 0.1) is 25.4 Å². The van der Waals surface area contributed by atoms with Crippen molar-refractivity contribution in [1.29, 1.82) is 0 Å². The summed E-state index contributed by atoms with van der Waals surface area (Å²) in [5.41, 5.74) is 4.67. The van der Waals surface area contributed by atoms with Crippen molar-refractivity contribution >= 4 is 35.1 Å². The van der Waals surface area contributed by atoms with Crippen molar-refractivity contribution in [3.63, 3.8) is 0 Å². The van der Waals surface area contributed by atoms with Crippen molar-refractivity contribution in [2.75, 3.05) is 26.2 Å². The van der Waals surface area contributed by atoms with E-state index in [0.717, 1.165) is 20.3 Å². The molecule has 0 bridgehead atoms. The Bertz CT molecular complexity index is 666. The van der Waals surface area contributed by atoms with Crippen LogP contribution < -0.4 is 11.3 Å². The second kappa shape index (κ2) is 6.93. The first-order valence-electron chi connectivity index (χ1n) is 5.66. The molecule has 1 heterocycles. The highest BCUT2D eigenvalue weighted by Gasteiger charge is 2.23. The van der Waals surface area contributed by atoms with E-state index in [0.29, 0.717) is 5.16 Å². The first-order chi connectivity index (χ1) is 9.87. The number of carbonyl (C=O) groups is 2. The molecule has 1 aromatic rings. The number of esters is 2. The Hall–Kier alpha value is -2.29. The fraction of sp³-hybridized carbons (Fsp3) is 0.333. The molecule has 0 radical (unpaired) electrons. The van der Waals surface area contributed by atoms with E-state index in [1.165, 1.54) is 23.4 Å². The zero-order valence-electron chi connectivity index (χ0n) is 12.0. The summed E-state index contributed by atoms with van der Waals surface area (Å²) < 4.78 is 10.2. The van der Waals surface area contributed by atoms with Crippen molar-refractivity contribution in [1.82, 2.24) is 9.55 Å². The number of anilines is 1. The predicted molar refractivity (Wildman–Crippen MR) is 77.7 cm³/mol. The van der Waals surface area contributed by atoms with Crippen molar-refractivity contribution < 1.29 is 19.1 Å². The van der Waals surface area contributed by atoms with Crippen LogP contribution >= 0.6 is 11.8 Å². The van der Waals surface area contributed by atoms with Gasteiger partial charge in [0.1, 0.15) is 5.82 Å². The van der Waals surface area contributed by atoms with Crippen LogP contribution in [0.5, 0.6) is 0 Å². The molecule has 0 aliphatic heterocycles. The standard InChI is InChI=1S/C12H15N3O5S/c1-15-10(17)8(9(13)14-12(15)21-4)6(11(18)20-3)5-7(16)19-2/h5H,13H2,1-4H3/b6-5+. The molecule has 0 aliphatic carbocycles. The van der Waals surface area contributed by atoms with E-state index in [2.05, 4.69) is 14.5 Å². The van der Waals surface area contributed by atoms with E-state index < -0.39 is 17.5 Å². The summed E-state index contributed by atoms with van der Waals surface area (Å²) in [4.78, 5) is 39.5. The molecule has 21 heavy (non-hydrogen) atoms. The predicted octanol–water partition coefficient (Wildman–Crippen LogP) is -0.186. The zero-order valence-corrected chi connectivity index (χ0v) is 12.8. The smallest absolute Gasteiger partial charge is 0.339 e. The lowest BCUT2D eigenvalue weighted by atomic mass is 10.1. The van der Waals surface area contributed by atoms with Gasteiger partial charge in [-0.05, 0) is 6.26 Å². The molecule has 0 spiro atoms. The highest BCUT2D eigenvalue weighted by molar-refractivity contribution is 7.98.